The van der Waals surface area contributed by atoms with E-state index in [1.54, 1.807) is 0 Å². The first kappa shape index (κ1) is 14.4. The van der Waals surface area contributed by atoms with Gasteiger partial charge in [-0.05, 0) is 67.4 Å². The first-order valence-electron chi connectivity index (χ1n) is 13.1. The highest BCUT2D eigenvalue weighted by Gasteiger charge is 2.24. The number of hydrogen-bond donors (Lipinski definition) is 4. The number of ketones is 1. The van der Waals surface area contributed by atoms with Gasteiger partial charge < -0.3 is 25.6 Å². The molecule has 0 radical (unpaired) electrons. The van der Waals surface area contributed by atoms with Gasteiger partial charge in [-0.15, -0.1) is 0 Å². The van der Waals surface area contributed by atoms with Crippen LogP contribution in [-0.2, 0) is 0 Å². The Morgan fingerprint density at radius 3 is 1.67 bits per heavy atom. The molecule has 3 aromatic rings. The van der Waals surface area contributed by atoms with E-state index < -0.39 is 111 Å². The molecule has 33 heavy (non-hydrogen) atoms. The minimum Gasteiger partial charge on any atom is -0.478 e. The number of carboxylic acids is 2. The van der Waals surface area contributed by atoms with E-state index in [1.165, 1.54) is 7.05 Å². The second-order valence-corrected chi connectivity index (χ2v) is 6.32. The van der Waals surface area contributed by atoms with Crippen molar-refractivity contribution in [2.45, 2.75) is 6.92 Å². The first-order valence-corrected chi connectivity index (χ1v) is 9.08. The van der Waals surface area contributed by atoms with Crippen LogP contribution in [0.25, 0.3) is 0 Å². The highest BCUT2D eigenvalue weighted by Crippen LogP contribution is 2.25. The van der Waals surface area contributed by atoms with Crippen LogP contribution in [0.3, 0.4) is 0 Å². The lowest BCUT2D eigenvalue weighted by Gasteiger charge is -2.12. The Labute approximate surface area is 199 Å². The number of benzene rings is 3. The molecule has 0 bridgehead atoms. The number of amides is 1. The normalized spacial score (nSPS) is 13.6. The molecule has 4 N–H and O–H groups in total. The van der Waals surface area contributed by atoms with Crippen molar-refractivity contribution in [2.24, 2.45) is 0 Å². The van der Waals surface area contributed by atoms with Crippen LogP contribution >= 0.6 is 0 Å². The molecule has 3 aromatic carbocycles. The summed E-state index contributed by atoms with van der Waals surface area (Å²) in [5.74, 6) is -6.90. The van der Waals surface area contributed by atoms with Gasteiger partial charge in [-0.2, -0.15) is 0 Å². The summed E-state index contributed by atoms with van der Waals surface area (Å²) >= 11 is 0. The predicted molar refractivity (Wildman–Crippen MR) is 121 cm³/mol. The summed E-state index contributed by atoms with van der Waals surface area (Å²) in [5.41, 5.74) is -3.54. The van der Waals surface area contributed by atoms with Crippen molar-refractivity contribution in [2.75, 3.05) is 17.7 Å². The van der Waals surface area contributed by atoms with Crippen LogP contribution in [0.1, 0.15) is 59.3 Å². The topological polar surface area (TPSA) is 142 Å². The molecular formula is C24H20N2O7. The van der Waals surface area contributed by atoms with E-state index in [0.29, 0.717) is 6.07 Å². The zero-order valence-corrected chi connectivity index (χ0v) is 17.1. The van der Waals surface area contributed by atoms with Gasteiger partial charge in [-0.3, -0.25) is 9.59 Å². The number of anilines is 2. The van der Waals surface area contributed by atoms with E-state index in [9.17, 15) is 29.4 Å². The van der Waals surface area contributed by atoms with Gasteiger partial charge in [-0.1, -0.05) is 0 Å². The Morgan fingerprint density at radius 1 is 0.758 bits per heavy atom. The van der Waals surface area contributed by atoms with Crippen molar-refractivity contribution in [3.8, 4) is 11.5 Å². The molecule has 0 atom stereocenters. The smallest absolute Gasteiger partial charge is 0.336 e. The Kier molecular flexibility index (Phi) is 4.21. The molecule has 0 aliphatic carbocycles. The molecule has 0 aromatic heterocycles. The predicted octanol–water partition coefficient (Wildman–Crippen LogP) is 4.37. The maximum atomic E-state index is 13.1. The third-order valence-electron chi connectivity index (χ3n) is 4.14. The van der Waals surface area contributed by atoms with Crippen molar-refractivity contribution >= 4 is 35.0 Å². The molecule has 0 spiro atoms. The number of hydrogen-bond acceptors (Lipinski definition) is 6. The first-order chi connectivity index (χ1) is 19.0. The number of carbonyl (C=O) groups is 4. The summed E-state index contributed by atoms with van der Waals surface area (Å²) in [5, 5.41) is 23.5. The molecule has 9 heteroatoms. The van der Waals surface area contributed by atoms with E-state index in [4.69, 9.17) is 15.7 Å². The molecule has 3 rings (SSSR count). The summed E-state index contributed by atoms with van der Waals surface area (Å²) < 4.78 is 70.7. The number of aromatic carboxylic acids is 2. The highest BCUT2D eigenvalue weighted by molar-refractivity contribution is 6.14. The fourth-order valence-electron chi connectivity index (χ4n) is 2.61. The number of ether oxygens (including phenoxy) is 1. The molecule has 0 saturated heterocycles. The van der Waals surface area contributed by atoms with Crippen molar-refractivity contribution in [3.63, 3.8) is 0 Å². The number of carbonyl (C=O) groups excluding carboxylic acids is 2. The Morgan fingerprint density at radius 2 is 1.21 bits per heavy atom. The van der Waals surface area contributed by atoms with Gasteiger partial charge >= 0.3 is 11.9 Å². The SMILES string of the molecule is [2H]c1c([2H])c(Oc2c([2H])c([2H])c(NC(=O)c3cc(C(C)=O)c(C(=O)O)cc3C(=O)O)c([2H])c2[2H])c([2H])c([2H])c1NC. The van der Waals surface area contributed by atoms with Gasteiger partial charge in [0, 0.05) is 24.0 Å². The average molecular weight is 456 g/mol. The average Bonchev–Trinajstić information content (AvgIpc) is 2.92. The summed E-state index contributed by atoms with van der Waals surface area (Å²) in [7, 11) is 1.38. The summed E-state index contributed by atoms with van der Waals surface area (Å²) in [6, 6.07) is -4.58. The maximum absolute atomic E-state index is 13.1. The molecule has 0 aliphatic heterocycles. The summed E-state index contributed by atoms with van der Waals surface area (Å²) in [4.78, 5) is 48.3. The molecule has 9 nitrogen and oxygen atoms in total. The molecule has 1 amide bonds. The van der Waals surface area contributed by atoms with E-state index in [-0.39, 0.29) is 5.69 Å². The zero-order chi connectivity index (χ0) is 31.1. The lowest BCUT2D eigenvalue weighted by Crippen LogP contribution is -2.19. The van der Waals surface area contributed by atoms with Crippen LogP contribution in [0.15, 0.2) is 60.5 Å². The van der Waals surface area contributed by atoms with Crippen molar-refractivity contribution in [3.05, 3.63) is 82.7 Å². The Bertz CT molecular complexity index is 1620. The second kappa shape index (κ2) is 9.65. The van der Waals surface area contributed by atoms with Gasteiger partial charge in [0.1, 0.15) is 11.5 Å². The molecule has 0 saturated carbocycles. The number of rotatable bonds is 8. The van der Waals surface area contributed by atoms with Gasteiger partial charge in [0.05, 0.1) is 27.7 Å². The van der Waals surface area contributed by atoms with Crippen LogP contribution in [0, 0.1) is 0 Å². The maximum Gasteiger partial charge on any atom is 0.336 e. The largest absolute Gasteiger partial charge is 0.478 e. The summed E-state index contributed by atoms with van der Waals surface area (Å²) in [6.45, 7) is 0.995. The highest BCUT2D eigenvalue weighted by atomic mass is 16.5. The van der Waals surface area contributed by atoms with Crippen LogP contribution in [0.2, 0.25) is 0 Å². The lowest BCUT2D eigenvalue weighted by atomic mass is 9.95. The van der Waals surface area contributed by atoms with Crippen LogP contribution < -0.4 is 15.4 Å². The third kappa shape index (κ3) is 5.34. The fourth-order valence-corrected chi connectivity index (χ4v) is 2.61. The van der Waals surface area contributed by atoms with E-state index in [2.05, 4.69) is 10.6 Å². The third-order valence-corrected chi connectivity index (χ3v) is 4.14. The minimum absolute atomic E-state index is 0.144. The van der Waals surface area contributed by atoms with Gasteiger partial charge in [0.25, 0.3) is 5.91 Å². The minimum atomic E-state index is -1.72. The van der Waals surface area contributed by atoms with Crippen molar-refractivity contribution in [1.29, 1.82) is 0 Å². The number of Topliss-reactive ketones (excluding diaryl/α,β-unsaturated/α-hetero) is 1. The zero-order valence-electron chi connectivity index (χ0n) is 25.1. The molecular weight excluding hydrogens is 428 g/mol. The fraction of sp³-hybridized carbons (Fsp3) is 0.0833. The van der Waals surface area contributed by atoms with Crippen molar-refractivity contribution in [1.82, 2.24) is 0 Å². The Balaban J connectivity index is 2.14. The van der Waals surface area contributed by atoms with E-state index in [1.807, 2.05) is 0 Å². The molecule has 0 aliphatic rings. The van der Waals surface area contributed by atoms with Gasteiger partial charge in [-0.25, -0.2) is 9.59 Å². The summed E-state index contributed by atoms with van der Waals surface area (Å²) in [6.07, 6.45) is 0. The van der Waals surface area contributed by atoms with Gasteiger partial charge in [0.15, 0.2) is 5.78 Å². The van der Waals surface area contributed by atoms with E-state index >= 15 is 0 Å². The number of nitrogens with one attached hydrogen (secondary N) is 2. The quantitative estimate of drug-likeness (QED) is 0.366. The molecule has 0 heterocycles. The van der Waals surface area contributed by atoms with E-state index in [0.717, 1.165) is 13.0 Å². The van der Waals surface area contributed by atoms with Crippen LogP contribution in [0.5, 0.6) is 11.5 Å². The Hall–Kier alpha value is -4.66. The monoisotopic (exact) mass is 456 g/mol. The second-order valence-electron chi connectivity index (χ2n) is 6.32. The van der Waals surface area contributed by atoms with Crippen molar-refractivity contribution < 1.29 is 45.1 Å². The van der Waals surface area contributed by atoms with Gasteiger partial charge in [0.2, 0.25) is 0 Å². The molecule has 168 valence electrons. The standard InChI is InChI=1S/C24H20N2O7/c1-13(27)18-11-19(21(24(31)32)12-20(18)23(29)30)22(28)26-15-5-9-17(10-6-15)33-16-7-3-14(25-2)4-8-16/h3-12,25H,1-2H3,(H,26,28)(H,29,30)(H,31,32)/i3D,4D,5D,6D,7D,8D,9D,10D. The number of carboxylic acid groups (broad SMARTS) is 2. The molecule has 0 fully saturated rings. The van der Waals surface area contributed by atoms with Crippen LogP contribution in [-0.4, -0.2) is 40.9 Å². The molecule has 0 unspecified atom stereocenters. The lowest BCUT2D eigenvalue weighted by molar-refractivity contribution is 0.0690. The van der Waals surface area contributed by atoms with Crippen LogP contribution in [0.4, 0.5) is 11.4 Å².